The maximum atomic E-state index is 11.1. The molecule has 7 nitrogen and oxygen atoms in total. The van der Waals surface area contributed by atoms with Crippen LogP contribution < -0.4 is 4.74 Å². The highest BCUT2D eigenvalue weighted by molar-refractivity contribution is 5.90. The molecular weight excluding hydrogens is 248 g/mol. The van der Waals surface area contributed by atoms with Gasteiger partial charge in [-0.25, -0.2) is 24.7 Å². The second-order valence-corrected chi connectivity index (χ2v) is 3.84. The van der Waals surface area contributed by atoms with Crippen LogP contribution in [0.4, 0.5) is 0 Å². The summed E-state index contributed by atoms with van der Waals surface area (Å²) >= 11 is 0. The van der Waals surface area contributed by atoms with Crippen LogP contribution >= 0.6 is 0 Å². The van der Waals surface area contributed by atoms with Gasteiger partial charge in [0.2, 0.25) is 5.88 Å². The van der Waals surface area contributed by atoms with Gasteiger partial charge in [0.15, 0.2) is 5.82 Å². The van der Waals surface area contributed by atoms with Crippen molar-refractivity contribution in [1.29, 1.82) is 0 Å². The number of carboxylic acids is 1. The van der Waals surface area contributed by atoms with Crippen LogP contribution in [-0.2, 0) is 0 Å². The zero-order valence-electron chi connectivity index (χ0n) is 10.7. The van der Waals surface area contributed by atoms with E-state index in [0.717, 1.165) is 0 Å². The molecule has 2 rings (SSSR count). The normalized spacial score (nSPS) is 10.3. The first-order valence-corrected chi connectivity index (χ1v) is 5.48. The summed E-state index contributed by atoms with van der Waals surface area (Å²) in [7, 11) is 1.50. The van der Waals surface area contributed by atoms with Crippen molar-refractivity contribution in [3.05, 3.63) is 29.3 Å². The fraction of sp³-hybridized carbons (Fsp3) is 0.250. The van der Waals surface area contributed by atoms with Crippen molar-refractivity contribution in [2.24, 2.45) is 0 Å². The zero-order chi connectivity index (χ0) is 14.0. The van der Waals surface area contributed by atoms with E-state index in [1.165, 1.54) is 13.4 Å². The molecule has 0 aliphatic carbocycles. The molecule has 0 saturated heterocycles. The van der Waals surface area contributed by atoms with Crippen LogP contribution in [0.3, 0.4) is 0 Å². The van der Waals surface area contributed by atoms with Gasteiger partial charge in [-0.2, -0.15) is 0 Å². The summed E-state index contributed by atoms with van der Waals surface area (Å²) in [5.41, 5.74) is 1.39. The summed E-state index contributed by atoms with van der Waals surface area (Å²) in [6, 6.07) is 1.59. The van der Waals surface area contributed by atoms with E-state index in [1.807, 2.05) is 0 Å². The first-order chi connectivity index (χ1) is 9.02. The molecule has 2 aromatic heterocycles. The second-order valence-electron chi connectivity index (χ2n) is 3.84. The van der Waals surface area contributed by atoms with Crippen molar-refractivity contribution in [3.8, 4) is 17.4 Å². The highest BCUT2D eigenvalue weighted by Crippen LogP contribution is 2.19. The Morgan fingerprint density at radius 1 is 1.21 bits per heavy atom. The fourth-order valence-electron chi connectivity index (χ4n) is 1.71. The number of carbonyl (C=O) groups is 1. The van der Waals surface area contributed by atoms with Crippen molar-refractivity contribution in [3.63, 3.8) is 0 Å². The van der Waals surface area contributed by atoms with Gasteiger partial charge in [-0.15, -0.1) is 0 Å². The van der Waals surface area contributed by atoms with Crippen LogP contribution in [0.1, 0.15) is 21.7 Å². The van der Waals surface area contributed by atoms with Gasteiger partial charge in [0, 0.05) is 6.07 Å². The number of carboxylic acid groups (broad SMARTS) is 1. The van der Waals surface area contributed by atoms with Crippen molar-refractivity contribution in [2.45, 2.75) is 13.8 Å². The summed E-state index contributed by atoms with van der Waals surface area (Å²) in [4.78, 5) is 27.3. The zero-order valence-corrected chi connectivity index (χ0v) is 10.7. The molecule has 2 heterocycles. The Labute approximate surface area is 109 Å². The van der Waals surface area contributed by atoms with Gasteiger partial charge in [0.1, 0.15) is 17.6 Å². The minimum atomic E-state index is -1.04. The molecule has 2 aromatic rings. The molecule has 0 aromatic carbocycles. The Hall–Kier alpha value is -2.57. The molecule has 0 radical (unpaired) electrons. The predicted octanol–water partition coefficient (Wildman–Crippen LogP) is 1.26. The lowest BCUT2D eigenvalue weighted by atomic mass is 10.1. The molecule has 19 heavy (non-hydrogen) atoms. The Morgan fingerprint density at radius 3 is 2.37 bits per heavy atom. The highest BCUT2D eigenvalue weighted by atomic mass is 16.5. The minimum Gasteiger partial charge on any atom is -0.481 e. The van der Waals surface area contributed by atoms with Gasteiger partial charge in [-0.3, -0.25) is 0 Å². The van der Waals surface area contributed by atoms with Crippen LogP contribution in [0, 0.1) is 13.8 Å². The van der Waals surface area contributed by atoms with Gasteiger partial charge >= 0.3 is 5.97 Å². The van der Waals surface area contributed by atoms with E-state index in [-0.39, 0.29) is 5.56 Å². The monoisotopic (exact) mass is 260 g/mol. The van der Waals surface area contributed by atoms with Crippen molar-refractivity contribution in [1.82, 2.24) is 19.9 Å². The third-order valence-corrected chi connectivity index (χ3v) is 2.56. The van der Waals surface area contributed by atoms with Crippen LogP contribution in [-0.4, -0.2) is 38.1 Å². The Kier molecular flexibility index (Phi) is 3.37. The van der Waals surface area contributed by atoms with E-state index in [9.17, 15) is 4.79 Å². The summed E-state index contributed by atoms with van der Waals surface area (Å²) < 4.78 is 5.00. The number of methoxy groups -OCH3 is 1. The molecule has 1 N–H and O–H groups in total. The van der Waals surface area contributed by atoms with Crippen LogP contribution in [0.15, 0.2) is 12.4 Å². The molecule has 0 aliphatic heterocycles. The molecule has 0 saturated carbocycles. The molecular formula is C12H12N4O3. The van der Waals surface area contributed by atoms with Crippen molar-refractivity contribution >= 4 is 5.97 Å². The lowest BCUT2D eigenvalue weighted by molar-refractivity contribution is 0.0694. The SMILES string of the molecule is COc1cc(-c2nc(C)c(C(=O)O)c(C)n2)ncn1. The maximum Gasteiger partial charge on any atom is 0.339 e. The van der Waals surface area contributed by atoms with Crippen LogP contribution in [0.5, 0.6) is 5.88 Å². The standard InChI is InChI=1S/C12H12N4O3/c1-6-10(12(17)18)7(2)16-11(15-6)8-4-9(19-3)14-5-13-8/h4-5H,1-3H3,(H,17,18). The highest BCUT2D eigenvalue weighted by Gasteiger charge is 2.16. The summed E-state index contributed by atoms with van der Waals surface area (Å²) in [5.74, 6) is -0.297. The number of hydrogen-bond donors (Lipinski definition) is 1. The average Bonchev–Trinajstić information content (AvgIpc) is 2.37. The average molecular weight is 260 g/mol. The molecule has 0 unspecified atom stereocenters. The van der Waals surface area contributed by atoms with Crippen LogP contribution in [0.25, 0.3) is 11.5 Å². The van der Waals surface area contributed by atoms with Gasteiger partial charge in [0.05, 0.1) is 18.5 Å². The van der Waals surface area contributed by atoms with Gasteiger partial charge in [-0.05, 0) is 13.8 Å². The van der Waals surface area contributed by atoms with E-state index in [4.69, 9.17) is 9.84 Å². The first kappa shape index (κ1) is 12.9. The molecule has 0 bridgehead atoms. The van der Waals surface area contributed by atoms with E-state index in [1.54, 1.807) is 19.9 Å². The Morgan fingerprint density at radius 2 is 1.84 bits per heavy atom. The van der Waals surface area contributed by atoms with E-state index in [0.29, 0.717) is 28.8 Å². The molecule has 0 fully saturated rings. The molecule has 98 valence electrons. The molecule has 7 heteroatoms. The van der Waals surface area contributed by atoms with E-state index >= 15 is 0 Å². The number of rotatable bonds is 3. The van der Waals surface area contributed by atoms with E-state index < -0.39 is 5.97 Å². The van der Waals surface area contributed by atoms with Crippen molar-refractivity contribution in [2.75, 3.05) is 7.11 Å². The van der Waals surface area contributed by atoms with Gasteiger partial charge < -0.3 is 9.84 Å². The van der Waals surface area contributed by atoms with Crippen LogP contribution in [0.2, 0.25) is 0 Å². The smallest absolute Gasteiger partial charge is 0.339 e. The fourth-order valence-corrected chi connectivity index (χ4v) is 1.71. The van der Waals surface area contributed by atoms with Gasteiger partial charge in [-0.1, -0.05) is 0 Å². The number of ether oxygens (including phenoxy) is 1. The van der Waals surface area contributed by atoms with Crippen molar-refractivity contribution < 1.29 is 14.6 Å². The number of nitrogens with zero attached hydrogens (tertiary/aromatic N) is 4. The Bertz CT molecular complexity index is 620. The molecule has 0 atom stereocenters. The number of aromatic carboxylic acids is 1. The number of hydrogen-bond acceptors (Lipinski definition) is 6. The lowest BCUT2D eigenvalue weighted by Crippen LogP contribution is -2.09. The summed E-state index contributed by atoms with van der Waals surface area (Å²) in [5, 5.41) is 9.06. The summed E-state index contributed by atoms with van der Waals surface area (Å²) in [6.07, 6.45) is 1.34. The number of aromatic nitrogens is 4. The topological polar surface area (TPSA) is 98.1 Å². The Balaban J connectivity index is 2.55. The summed E-state index contributed by atoms with van der Waals surface area (Å²) in [6.45, 7) is 3.25. The van der Waals surface area contributed by atoms with E-state index in [2.05, 4.69) is 19.9 Å². The lowest BCUT2D eigenvalue weighted by Gasteiger charge is -2.07. The third-order valence-electron chi connectivity index (χ3n) is 2.56. The number of aryl methyl sites for hydroxylation is 2. The predicted molar refractivity (Wildman–Crippen MR) is 66.0 cm³/mol. The van der Waals surface area contributed by atoms with Gasteiger partial charge in [0.25, 0.3) is 0 Å². The third kappa shape index (κ3) is 2.49. The molecule has 0 aliphatic rings. The second kappa shape index (κ2) is 4.97. The quantitative estimate of drug-likeness (QED) is 0.886. The largest absolute Gasteiger partial charge is 0.481 e. The molecule has 0 spiro atoms. The first-order valence-electron chi connectivity index (χ1n) is 5.48. The molecule has 0 amide bonds. The minimum absolute atomic E-state index is 0.116. The maximum absolute atomic E-state index is 11.1.